The largest absolute Gasteiger partial charge is 0.341 e. The van der Waals surface area contributed by atoms with Gasteiger partial charge in [0.2, 0.25) is 0 Å². The average Bonchev–Trinajstić information content (AvgIpc) is 3.11. The molecule has 1 aliphatic rings. The maximum Gasteiger partial charge on any atom is 0.158 e. The minimum atomic E-state index is -0.413. The average molecular weight is 369 g/mol. The van der Waals surface area contributed by atoms with Crippen LogP contribution in [0.2, 0.25) is 0 Å². The number of piperidine rings is 1. The van der Waals surface area contributed by atoms with Gasteiger partial charge in [-0.3, -0.25) is 9.88 Å². The van der Waals surface area contributed by atoms with Crippen LogP contribution in [0, 0.1) is 18.6 Å². The van der Waals surface area contributed by atoms with Gasteiger partial charge in [-0.1, -0.05) is 0 Å². The molecule has 0 unspecified atom stereocenters. The van der Waals surface area contributed by atoms with Crippen molar-refractivity contribution in [1.82, 2.24) is 24.8 Å². The predicted molar refractivity (Wildman–Crippen MR) is 98.0 cm³/mol. The summed E-state index contributed by atoms with van der Waals surface area (Å²) in [7, 11) is 0. The number of benzene rings is 1. The summed E-state index contributed by atoms with van der Waals surface area (Å²) < 4.78 is 27.5. The van der Waals surface area contributed by atoms with Crippen LogP contribution in [0.25, 0.3) is 11.5 Å². The number of hydrogen-bond donors (Lipinski definition) is 1. The summed E-state index contributed by atoms with van der Waals surface area (Å²) in [5.74, 6) is 0.0995. The molecule has 5 nitrogen and oxygen atoms in total. The van der Waals surface area contributed by atoms with Gasteiger partial charge in [-0.2, -0.15) is 0 Å². The lowest BCUT2D eigenvalue weighted by Crippen LogP contribution is -2.34. The normalized spacial score (nSPS) is 18.0. The van der Waals surface area contributed by atoms with Crippen LogP contribution in [-0.4, -0.2) is 37.9 Å². The number of imidazole rings is 1. The van der Waals surface area contributed by atoms with Crippen LogP contribution in [0.1, 0.15) is 35.7 Å². The summed E-state index contributed by atoms with van der Waals surface area (Å²) in [5.41, 5.74) is 3.01. The molecule has 3 aromatic rings. The molecule has 7 heteroatoms. The van der Waals surface area contributed by atoms with E-state index in [0.717, 1.165) is 49.1 Å². The third-order valence-corrected chi connectivity index (χ3v) is 4.95. The molecular formula is C20H21F2N5. The fraction of sp³-hybridized carbons (Fsp3) is 0.350. The predicted octanol–water partition coefficient (Wildman–Crippen LogP) is 3.83. The first-order valence-corrected chi connectivity index (χ1v) is 9.09. The van der Waals surface area contributed by atoms with Gasteiger partial charge < -0.3 is 4.98 Å². The van der Waals surface area contributed by atoms with E-state index in [1.54, 1.807) is 18.6 Å². The van der Waals surface area contributed by atoms with E-state index in [1.165, 1.54) is 12.1 Å². The fourth-order valence-corrected chi connectivity index (χ4v) is 3.69. The number of rotatable bonds is 4. The lowest BCUT2D eigenvalue weighted by atomic mass is 9.92. The highest BCUT2D eigenvalue weighted by atomic mass is 19.1. The van der Waals surface area contributed by atoms with Crippen LogP contribution in [0.3, 0.4) is 0 Å². The summed E-state index contributed by atoms with van der Waals surface area (Å²) >= 11 is 0. The van der Waals surface area contributed by atoms with Gasteiger partial charge >= 0.3 is 0 Å². The Morgan fingerprint density at radius 3 is 2.85 bits per heavy atom. The van der Waals surface area contributed by atoms with Crippen molar-refractivity contribution in [2.75, 3.05) is 13.1 Å². The van der Waals surface area contributed by atoms with E-state index < -0.39 is 5.82 Å². The van der Waals surface area contributed by atoms with Gasteiger partial charge in [-0.25, -0.2) is 18.7 Å². The first-order chi connectivity index (χ1) is 13.1. The maximum atomic E-state index is 14.0. The molecule has 1 N–H and O–H groups in total. The Bertz CT molecular complexity index is 940. The third kappa shape index (κ3) is 3.88. The van der Waals surface area contributed by atoms with Gasteiger partial charge in [-0.05, 0) is 44.5 Å². The SMILES string of the molecule is Cc1cnc(-c2nccnc2[C@@H]2CCCN(Cc3cc(F)ccc3F)C2)[nH]1. The summed E-state index contributed by atoms with van der Waals surface area (Å²) in [5, 5.41) is 0. The number of aromatic nitrogens is 4. The number of nitrogens with zero attached hydrogens (tertiary/aromatic N) is 4. The Labute approximate surface area is 156 Å². The zero-order valence-electron chi connectivity index (χ0n) is 15.1. The second kappa shape index (κ2) is 7.52. The topological polar surface area (TPSA) is 57.7 Å². The summed E-state index contributed by atoms with van der Waals surface area (Å²) in [4.78, 5) is 18.8. The van der Waals surface area contributed by atoms with Crippen LogP contribution in [0.15, 0.2) is 36.8 Å². The molecule has 0 amide bonds. The highest BCUT2D eigenvalue weighted by Crippen LogP contribution is 2.31. The van der Waals surface area contributed by atoms with Crippen molar-refractivity contribution >= 4 is 0 Å². The molecule has 0 saturated carbocycles. The molecule has 2 aromatic heterocycles. The molecule has 1 aliphatic heterocycles. The van der Waals surface area contributed by atoms with E-state index >= 15 is 0 Å². The fourth-order valence-electron chi connectivity index (χ4n) is 3.69. The molecule has 4 rings (SSSR count). The lowest BCUT2D eigenvalue weighted by Gasteiger charge is -2.33. The Morgan fingerprint density at radius 2 is 2.04 bits per heavy atom. The van der Waals surface area contributed by atoms with Gasteiger partial charge in [0.05, 0.1) is 5.69 Å². The number of aromatic amines is 1. The van der Waals surface area contributed by atoms with Crippen molar-refractivity contribution < 1.29 is 8.78 Å². The van der Waals surface area contributed by atoms with Crippen LogP contribution < -0.4 is 0 Å². The Kier molecular flexibility index (Phi) is 4.94. The lowest BCUT2D eigenvalue weighted by molar-refractivity contribution is 0.196. The monoisotopic (exact) mass is 369 g/mol. The highest BCUT2D eigenvalue weighted by Gasteiger charge is 2.26. The zero-order chi connectivity index (χ0) is 18.8. The van der Waals surface area contributed by atoms with E-state index in [1.807, 2.05) is 6.92 Å². The van der Waals surface area contributed by atoms with E-state index in [0.29, 0.717) is 17.9 Å². The smallest absolute Gasteiger partial charge is 0.158 e. The second-order valence-corrected chi connectivity index (χ2v) is 7.02. The van der Waals surface area contributed by atoms with E-state index in [4.69, 9.17) is 0 Å². The molecular weight excluding hydrogens is 348 g/mol. The zero-order valence-corrected chi connectivity index (χ0v) is 15.1. The first-order valence-electron chi connectivity index (χ1n) is 9.09. The maximum absolute atomic E-state index is 14.0. The van der Waals surface area contributed by atoms with E-state index in [9.17, 15) is 8.78 Å². The molecule has 0 radical (unpaired) electrons. The highest BCUT2D eigenvalue weighted by molar-refractivity contribution is 5.53. The van der Waals surface area contributed by atoms with Crippen molar-refractivity contribution in [3.8, 4) is 11.5 Å². The number of halogens is 2. The summed E-state index contributed by atoms with van der Waals surface area (Å²) in [6.07, 6.45) is 7.08. The Hall–Kier alpha value is -2.67. The van der Waals surface area contributed by atoms with Gasteiger partial charge in [0.15, 0.2) is 5.82 Å². The van der Waals surface area contributed by atoms with Crippen LogP contribution in [-0.2, 0) is 6.54 Å². The van der Waals surface area contributed by atoms with Crippen molar-refractivity contribution in [1.29, 1.82) is 0 Å². The van der Waals surface area contributed by atoms with Crippen molar-refractivity contribution in [2.45, 2.75) is 32.2 Å². The van der Waals surface area contributed by atoms with Crippen molar-refractivity contribution in [2.24, 2.45) is 0 Å². The second-order valence-electron chi connectivity index (χ2n) is 7.02. The molecule has 1 fully saturated rings. The summed E-state index contributed by atoms with van der Waals surface area (Å²) in [6.45, 7) is 3.90. The van der Waals surface area contributed by atoms with Crippen molar-refractivity contribution in [3.05, 3.63) is 65.4 Å². The number of nitrogens with one attached hydrogen (secondary N) is 1. The number of aryl methyl sites for hydroxylation is 1. The Morgan fingerprint density at radius 1 is 1.19 bits per heavy atom. The molecule has 0 bridgehead atoms. The minimum absolute atomic E-state index is 0.171. The molecule has 1 saturated heterocycles. The van der Waals surface area contributed by atoms with Crippen LogP contribution in [0.4, 0.5) is 8.78 Å². The van der Waals surface area contributed by atoms with E-state index in [-0.39, 0.29) is 11.7 Å². The standard InChI is InChI=1S/C20H21F2N5/c1-13-10-25-20(26-13)19-18(23-6-7-24-19)14-3-2-8-27(11-14)12-15-9-16(21)4-5-17(15)22/h4-7,9-10,14H,2-3,8,11-12H2,1H3,(H,25,26)/t14-/m1/s1. The molecule has 1 atom stereocenters. The Balaban J connectivity index is 1.56. The van der Waals surface area contributed by atoms with Crippen LogP contribution >= 0.6 is 0 Å². The minimum Gasteiger partial charge on any atom is -0.341 e. The molecule has 0 aliphatic carbocycles. The molecule has 3 heterocycles. The quantitative estimate of drug-likeness (QED) is 0.759. The number of likely N-dealkylation sites (tertiary alicyclic amines) is 1. The van der Waals surface area contributed by atoms with Gasteiger partial charge in [-0.15, -0.1) is 0 Å². The van der Waals surface area contributed by atoms with Gasteiger partial charge in [0.25, 0.3) is 0 Å². The summed E-state index contributed by atoms with van der Waals surface area (Å²) in [6, 6.07) is 3.61. The molecule has 0 spiro atoms. The van der Waals surface area contributed by atoms with Gasteiger partial charge in [0, 0.05) is 48.9 Å². The number of hydrogen-bond acceptors (Lipinski definition) is 4. The van der Waals surface area contributed by atoms with Crippen molar-refractivity contribution in [3.63, 3.8) is 0 Å². The van der Waals surface area contributed by atoms with Gasteiger partial charge in [0.1, 0.15) is 17.3 Å². The third-order valence-electron chi connectivity index (χ3n) is 4.95. The van der Waals surface area contributed by atoms with E-state index in [2.05, 4.69) is 24.8 Å². The molecule has 27 heavy (non-hydrogen) atoms. The first kappa shape index (κ1) is 17.7. The molecule has 140 valence electrons. The molecule has 1 aromatic carbocycles. The number of H-pyrrole nitrogens is 1. The van der Waals surface area contributed by atoms with Crippen LogP contribution in [0.5, 0.6) is 0 Å².